The molecule has 0 unspecified atom stereocenters. The summed E-state index contributed by atoms with van der Waals surface area (Å²) in [5.74, 6) is 0.154. The Kier molecular flexibility index (Phi) is 5.40. The van der Waals surface area contributed by atoms with Crippen molar-refractivity contribution in [1.29, 1.82) is 0 Å². The van der Waals surface area contributed by atoms with Gasteiger partial charge in [0.2, 0.25) is 5.91 Å². The van der Waals surface area contributed by atoms with E-state index in [0.717, 1.165) is 18.4 Å². The maximum absolute atomic E-state index is 13.5. The van der Waals surface area contributed by atoms with Crippen molar-refractivity contribution in [1.82, 2.24) is 23.9 Å². The Hall–Kier alpha value is -4.34. The van der Waals surface area contributed by atoms with Crippen molar-refractivity contribution < 1.29 is 9.53 Å². The van der Waals surface area contributed by atoms with E-state index in [0.29, 0.717) is 46.6 Å². The molecule has 174 valence electrons. The van der Waals surface area contributed by atoms with E-state index in [1.807, 2.05) is 36.0 Å². The monoisotopic (exact) mass is 459 g/mol. The highest BCUT2D eigenvalue weighted by molar-refractivity contribution is 5.98. The van der Waals surface area contributed by atoms with Crippen molar-refractivity contribution in [3.05, 3.63) is 71.6 Å². The number of nitrogens with one attached hydrogen (secondary N) is 2. The first-order valence-corrected chi connectivity index (χ1v) is 10.9. The molecule has 2 N–H and O–H groups in total. The van der Waals surface area contributed by atoms with E-state index in [9.17, 15) is 9.59 Å². The average molecular weight is 460 g/mol. The highest BCUT2D eigenvalue weighted by Crippen LogP contribution is 2.38. The van der Waals surface area contributed by atoms with Crippen molar-refractivity contribution >= 4 is 34.0 Å². The molecule has 0 bridgehead atoms. The molecule has 0 atom stereocenters. The number of hydrogen-bond acceptors (Lipinski definition) is 6. The highest BCUT2D eigenvalue weighted by atomic mass is 16.5. The van der Waals surface area contributed by atoms with E-state index in [4.69, 9.17) is 4.74 Å². The number of aromatic nitrogens is 5. The third-order valence-corrected chi connectivity index (χ3v) is 5.73. The molecule has 3 heterocycles. The van der Waals surface area contributed by atoms with E-state index in [2.05, 4.69) is 27.3 Å². The van der Waals surface area contributed by atoms with Gasteiger partial charge in [-0.1, -0.05) is 18.7 Å². The Morgan fingerprint density at radius 1 is 1.29 bits per heavy atom. The molecule has 34 heavy (non-hydrogen) atoms. The molecule has 0 radical (unpaired) electrons. The summed E-state index contributed by atoms with van der Waals surface area (Å²) in [4.78, 5) is 29.8. The van der Waals surface area contributed by atoms with Crippen LogP contribution in [0.2, 0.25) is 0 Å². The number of rotatable bonds is 8. The highest BCUT2D eigenvalue weighted by Gasteiger charge is 2.28. The normalized spacial score (nSPS) is 13.1. The van der Waals surface area contributed by atoms with Crippen LogP contribution in [0.25, 0.3) is 11.0 Å². The van der Waals surface area contributed by atoms with E-state index in [-0.39, 0.29) is 11.5 Å². The Bertz CT molecular complexity index is 1460. The minimum atomic E-state index is -0.291. The number of benzene rings is 1. The average Bonchev–Trinajstić information content (AvgIpc) is 3.46. The van der Waals surface area contributed by atoms with Gasteiger partial charge in [0.25, 0.3) is 11.4 Å². The lowest BCUT2D eigenvalue weighted by atomic mass is 10.2. The van der Waals surface area contributed by atoms with Crippen LogP contribution in [0.4, 0.5) is 17.1 Å². The maximum Gasteiger partial charge on any atom is 0.277 e. The van der Waals surface area contributed by atoms with Gasteiger partial charge in [0, 0.05) is 25.0 Å². The number of hydrogen-bond donors (Lipinski definition) is 2. The van der Waals surface area contributed by atoms with Crippen LogP contribution < -0.4 is 20.9 Å². The van der Waals surface area contributed by atoms with Crippen molar-refractivity contribution in [3.8, 4) is 5.88 Å². The Morgan fingerprint density at radius 3 is 2.85 bits per heavy atom. The molecular formula is C24H25N7O3. The van der Waals surface area contributed by atoms with Gasteiger partial charge in [-0.05, 0) is 36.6 Å². The lowest BCUT2D eigenvalue weighted by molar-refractivity contribution is -0.111. The van der Waals surface area contributed by atoms with Crippen molar-refractivity contribution in [2.75, 3.05) is 17.7 Å². The molecule has 1 fully saturated rings. The third kappa shape index (κ3) is 4.05. The van der Waals surface area contributed by atoms with Crippen LogP contribution in [0.1, 0.15) is 24.4 Å². The Balaban J connectivity index is 1.58. The SMILES string of the molecule is C=CC(=O)Nc1cccc(Cn2cc(Nc3cn(C)nc3OC)c3ncn(C4CC4)c3c2=O)c1. The van der Waals surface area contributed by atoms with Gasteiger partial charge in [-0.15, -0.1) is 5.10 Å². The van der Waals surface area contributed by atoms with Crippen LogP contribution in [0, 0.1) is 0 Å². The molecule has 4 aromatic rings. The molecule has 0 aliphatic heterocycles. The molecule has 5 rings (SSSR count). The number of amides is 1. The maximum atomic E-state index is 13.5. The zero-order valence-corrected chi connectivity index (χ0v) is 19.0. The standard InChI is InChI=1S/C24H25N7O3/c1-4-20(32)26-16-7-5-6-15(10-16)11-30-13-18(27-19-12-29(2)28-23(19)34-3)21-22(24(30)33)31(14-25-21)17-8-9-17/h4-7,10,12-14,17,27H,1,8-9,11H2,2-3H3,(H,26,32). The number of nitrogens with zero attached hydrogens (tertiary/aromatic N) is 5. The quantitative estimate of drug-likeness (QED) is 0.392. The summed E-state index contributed by atoms with van der Waals surface area (Å²) in [6.45, 7) is 3.80. The molecule has 1 saturated carbocycles. The van der Waals surface area contributed by atoms with Gasteiger partial charge in [-0.2, -0.15) is 0 Å². The summed E-state index contributed by atoms with van der Waals surface area (Å²) in [5, 5.41) is 10.4. The first-order chi connectivity index (χ1) is 16.5. The second-order valence-electron chi connectivity index (χ2n) is 8.30. The molecule has 0 saturated heterocycles. The van der Waals surface area contributed by atoms with Gasteiger partial charge in [0.05, 0.1) is 31.9 Å². The summed E-state index contributed by atoms with van der Waals surface area (Å²) in [6, 6.07) is 7.68. The summed E-state index contributed by atoms with van der Waals surface area (Å²) in [6.07, 6.45) is 8.59. The topological polar surface area (TPSA) is 108 Å². The number of fused-ring (bicyclic) bond motifs is 1. The van der Waals surface area contributed by atoms with Gasteiger partial charge in [-0.3, -0.25) is 14.3 Å². The summed E-state index contributed by atoms with van der Waals surface area (Å²) < 4.78 is 10.7. The zero-order chi connectivity index (χ0) is 23.8. The molecular weight excluding hydrogens is 434 g/mol. The Labute approximate surface area is 195 Å². The lowest BCUT2D eigenvalue weighted by Crippen LogP contribution is -2.23. The van der Waals surface area contributed by atoms with Crippen LogP contribution in [-0.2, 0) is 18.4 Å². The fourth-order valence-corrected chi connectivity index (χ4v) is 4.01. The van der Waals surface area contributed by atoms with Crippen LogP contribution in [0.3, 0.4) is 0 Å². The van der Waals surface area contributed by atoms with Crippen molar-refractivity contribution in [2.45, 2.75) is 25.4 Å². The smallest absolute Gasteiger partial charge is 0.277 e. The van der Waals surface area contributed by atoms with Crippen LogP contribution in [0.5, 0.6) is 5.88 Å². The number of carbonyl (C=O) groups is 1. The molecule has 1 aliphatic carbocycles. The molecule has 10 heteroatoms. The fraction of sp³-hybridized carbons (Fsp3) is 0.250. The number of pyridine rings is 1. The lowest BCUT2D eigenvalue weighted by Gasteiger charge is -2.13. The summed E-state index contributed by atoms with van der Waals surface area (Å²) in [7, 11) is 3.37. The zero-order valence-electron chi connectivity index (χ0n) is 19.0. The molecule has 0 spiro atoms. The minimum absolute atomic E-state index is 0.122. The number of imidazole rings is 1. The van der Waals surface area contributed by atoms with E-state index < -0.39 is 0 Å². The van der Waals surface area contributed by atoms with Crippen LogP contribution >= 0.6 is 0 Å². The van der Waals surface area contributed by atoms with Crippen molar-refractivity contribution in [2.24, 2.45) is 7.05 Å². The largest absolute Gasteiger partial charge is 0.478 e. The summed E-state index contributed by atoms with van der Waals surface area (Å²) >= 11 is 0. The van der Waals surface area contributed by atoms with Gasteiger partial charge < -0.3 is 24.5 Å². The second kappa shape index (κ2) is 8.54. The number of anilines is 3. The van der Waals surface area contributed by atoms with E-state index in [1.165, 1.54) is 6.08 Å². The number of aryl methyl sites for hydroxylation is 1. The van der Waals surface area contributed by atoms with Gasteiger partial charge in [0.15, 0.2) is 0 Å². The van der Waals surface area contributed by atoms with Gasteiger partial charge in [0.1, 0.15) is 16.7 Å². The van der Waals surface area contributed by atoms with E-state index >= 15 is 0 Å². The fourth-order valence-electron chi connectivity index (χ4n) is 4.01. The van der Waals surface area contributed by atoms with Crippen LogP contribution in [0.15, 0.2) is 60.4 Å². The summed E-state index contributed by atoms with van der Waals surface area (Å²) in [5.41, 5.74) is 3.90. The van der Waals surface area contributed by atoms with Crippen LogP contribution in [-0.4, -0.2) is 36.9 Å². The molecule has 1 amide bonds. The minimum Gasteiger partial charge on any atom is -0.478 e. The van der Waals surface area contributed by atoms with Crippen molar-refractivity contribution in [3.63, 3.8) is 0 Å². The number of carbonyl (C=O) groups excluding carboxylic acids is 1. The number of methoxy groups -OCH3 is 1. The molecule has 10 nitrogen and oxygen atoms in total. The Morgan fingerprint density at radius 2 is 2.12 bits per heavy atom. The predicted octanol–water partition coefficient (Wildman–Crippen LogP) is 3.19. The number of ether oxygens (including phenoxy) is 1. The second-order valence-corrected chi connectivity index (χ2v) is 8.30. The van der Waals surface area contributed by atoms with Gasteiger partial charge >= 0.3 is 0 Å². The molecule has 1 aliphatic rings. The predicted molar refractivity (Wildman–Crippen MR) is 130 cm³/mol. The first-order valence-electron chi connectivity index (χ1n) is 10.9. The third-order valence-electron chi connectivity index (χ3n) is 5.73. The molecule has 3 aromatic heterocycles. The first kappa shape index (κ1) is 21.5. The van der Waals surface area contributed by atoms with E-state index in [1.54, 1.807) is 34.9 Å². The molecule has 1 aromatic carbocycles. The van der Waals surface area contributed by atoms with Gasteiger partial charge in [-0.25, -0.2) is 4.98 Å².